The van der Waals surface area contributed by atoms with Gasteiger partial charge in [-0.25, -0.2) is 0 Å². The average Bonchev–Trinajstić information content (AvgIpc) is 3.29. The minimum atomic E-state index is -0.287. The number of anilines is 2. The van der Waals surface area contributed by atoms with Gasteiger partial charge in [0.2, 0.25) is 5.91 Å². The predicted octanol–water partition coefficient (Wildman–Crippen LogP) is 4.75. The van der Waals surface area contributed by atoms with Crippen LogP contribution in [0.15, 0.2) is 60.7 Å². The van der Waals surface area contributed by atoms with Crippen molar-refractivity contribution in [2.75, 3.05) is 44.4 Å². The molecule has 1 heterocycles. The Kier molecular flexibility index (Phi) is 7.36. The van der Waals surface area contributed by atoms with Crippen molar-refractivity contribution in [3.63, 3.8) is 0 Å². The normalized spacial score (nSPS) is 15.0. The summed E-state index contributed by atoms with van der Waals surface area (Å²) >= 11 is 1.53. The Morgan fingerprint density at radius 1 is 0.857 bits per heavy atom. The summed E-state index contributed by atoms with van der Waals surface area (Å²) in [4.78, 5) is 27.3. The van der Waals surface area contributed by atoms with Gasteiger partial charge in [-0.15, -0.1) is 11.8 Å². The standard InChI is InChI=1S/C26H26N2O6S/c1-31-19-9-10-22(23(14-19)34-4)28-24(29)15-35-26(28)16-5-7-18(8-6-16)27-25(30)17-11-20(32-2)13-21(12-17)33-3/h5-14,26H,15H2,1-4H3,(H,27,30). The van der Waals surface area contributed by atoms with Crippen molar-refractivity contribution in [3.8, 4) is 23.0 Å². The van der Waals surface area contributed by atoms with E-state index < -0.39 is 0 Å². The van der Waals surface area contributed by atoms with Crippen LogP contribution in [0.1, 0.15) is 21.3 Å². The molecule has 1 N–H and O–H groups in total. The van der Waals surface area contributed by atoms with E-state index in [4.69, 9.17) is 18.9 Å². The molecule has 3 aromatic carbocycles. The third-order valence-electron chi connectivity index (χ3n) is 5.58. The van der Waals surface area contributed by atoms with E-state index in [1.165, 1.54) is 26.0 Å². The van der Waals surface area contributed by atoms with E-state index in [9.17, 15) is 9.59 Å². The molecule has 8 nitrogen and oxygen atoms in total. The maximum absolute atomic E-state index is 12.8. The van der Waals surface area contributed by atoms with E-state index in [1.807, 2.05) is 30.3 Å². The lowest BCUT2D eigenvalue weighted by Gasteiger charge is -2.26. The highest BCUT2D eigenvalue weighted by atomic mass is 32.2. The fraction of sp³-hybridized carbons (Fsp3) is 0.231. The number of nitrogens with zero attached hydrogens (tertiary/aromatic N) is 1. The van der Waals surface area contributed by atoms with Crippen LogP contribution in [0.5, 0.6) is 23.0 Å². The van der Waals surface area contributed by atoms with E-state index in [0.717, 1.165) is 5.56 Å². The molecule has 0 radical (unpaired) electrons. The Balaban J connectivity index is 1.54. The third-order valence-corrected chi connectivity index (χ3v) is 6.79. The monoisotopic (exact) mass is 494 g/mol. The molecule has 35 heavy (non-hydrogen) atoms. The van der Waals surface area contributed by atoms with Gasteiger partial charge in [0.1, 0.15) is 28.4 Å². The summed E-state index contributed by atoms with van der Waals surface area (Å²) in [7, 11) is 6.22. The molecule has 4 rings (SSSR count). The second-order valence-corrected chi connectivity index (χ2v) is 8.71. The first-order chi connectivity index (χ1) is 17.0. The van der Waals surface area contributed by atoms with Crippen molar-refractivity contribution in [3.05, 3.63) is 71.8 Å². The molecular formula is C26H26N2O6S. The Morgan fingerprint density at radius 2 is 1.51 bits per heavy atom. The van der Waals surface area contributed by atoms with Gasteiger partial charge in [0.15, 0.2) is 0 Å². The molecule has 1 fully saturated rings. The molecule has 1 aliphatic rings. The Hall–Kier alpha value is -3.85. The number of benzene rings is 3. The lowest BCUT2D eigenvalue weighted by atomic mass is 10.1. The van der Waals surface area contributed by atoms with Crippen LogP contribution >= 0.6 is 11.8 Å². The largest absolute Gasteiger partial charge is 0.497 e. The van der Waals surface area contributed by atoms with Crippen LogP contribution in [0.2, 0.25) is 0 Å². The molecular weight excluding hydrogens is 468 g/mol. The molecule has 0 saturated carbocycles. The van der Waals surface area contributed by atoms with Crippen LogP contribution in [0, 0.1) is 0 Å². The lowest BCUT2D eigenvalue weighted by molar-refractivity contribution is -0.115. The minimum Gasteiger partial charge on any atom is -0.497 e. The van der Waals surface area contributed by atoms with Gasteiger partial charge in [-0.05, 0) is 42.0 Å². The molecule has 1 unspecified atom stereocenters. The average molecular weight is 495 g/mol. The number of ether oxygens (including phenoxy) is 4. The number of amides is 2. The van der Waals surface area contributed by atoms with E-state index in [-0.39, 0.29) is 17.2 Å². The van der Waals surface area contributed by atoms with Gasteiger partial charge < -0.3 is 24.3 Å². The zero-order valence-corrected chi connectivity index (χ0v) is 20.7. The smallest absolute Gasteiger partial charge is 0.255 e. The van der Waals surface area contributed by atoms with Crippen LogP contribution in [-0.2, 0) is 4.79 Å². The number of carbonyl (C=O) groups excluding carboxylic acids is 2. The SMILES string of the molecule is COc1cc(OC)cc(C(=O)Nc2ccc(C3SCC(=O)N3c3ccc(OC)cc3OC)cc2)c1. The Morgan fingerprint density at radius 3 is 2.11 bits per heavy atom. The van der Waals surface area contributed by atoms with Crippen molar-refractivity contribution >= 4 is 35.0 Å². The maximum Gasteiger partial charge on any atom is 0.255 e. The first kappa shape index (κ1) is 24.3. The number of rotatable bonds is 8. The second-order valence-electron chi connectivity index (χ2n) is 7.64. The highest BCUT2D eigenvalue weighted by molar-refractivity contribution is 8.00. The zero-order chi connectivity index (χ0) is 24.9. The summed E-state index contributed by atoms with van der Waals surface area (Å²) < 4.78 is 21.3. The molecule has 182 valence electrons. The third kappa shape index (κ3) is 5.14. The number of methoxy groups -OCH3 is 4. The van der Waals surface area contributed by atoms with E-state index in [1.54, 1.807) is 49.5 Å². The lowest BCUT2D eigenvalue weighted by Crippen LogP contribution is -2.28. The summed E-state index contributed by atoms with van der Waals surface area (Å²) in [6, 6.07) is 17.8. The topological polar surface area (TPSA) is 86.3 Å². The number of thioether (sulfide) groups is 1. The number of carbonyl (C=O) groups is 2. The molecule has 0 bridgehead atoms. The molecule has 1 saturated heterocycles. The molecule has 0 aromatic heterocycles. The van der Waals surface area contributed by atoms with Gasteiger partial charge in [0.25, 0.3) is 5.91 Å². The van der Waals surface area contributed by atoms with Crippen molar-refractivity contribution in [2.45, 2.75) is 5.37 Å². The molecule has 0 aliphatic carbocycles. The van der Waals surface area contributed by atoms with Crippen LogP contribution < -0.4 is 29.2 Å². The minimum absolute atomic E-state index is 0.00665. The maximum atomic E-state index is 12.8. The van der Waals surface area contributed by atoms with Gasteiger partial charge in [0.05, 0.1) is 39.9 Å². The summed E-state index contributed by atoms with van der Waals surface area (Å²) in [6.45, 7) is 0. The van der Waals surface area contributed by atoms with Crippen LogP contribution in [0.4, 0.5) is 11.4 Å². The van der Waals surface area contributed by atoms with Crippen molar-refractivity contribution < 1.29 is 28.5 Å². The fourth-order valence-electron chi connectivity index (χ4n) is 3.79. The number of nitrogens with one attached hydrogen (secondary N) is 1. The quantitative estimate of drug-likeness (QED) is 0.484. The van der Waals surface area contributed by atoms with Crippen molar-refractivity contribution in [2.24, 2.45) is 0 Å². The fourth-order valence-corrected chi connectivity index (χ4v) is 4.96. The van der Waals surface area contributed by atoms with Gasteiger partial charge in [-0.1, -0.05) is 12.1 Å². The van der Waals surface area contributed by atoms with Gasteiger partial charge in [-0.2, -0.15) is 0 Å². The molecule has 9 heteroatoms. The van der Waals surface area contributed by atoms with E-state index in [0.29, 0.717) is 45.7 Å². The van der Waals surface area contributed by atoms with E-state index >= 15 is 0 Å². The molecule has 3 aromatic rings. The van der Waals surface area contributed by atoms with Crippen molar-refractivity contribution in [1.82, 2.24) is 0 Å². The number of hydrogen-bond acceptors (Lipinski definition) is 7. The second kappa shape index (κ2) is 10.6. The van der Waals surface area contributed by atoms with E-state index in [2.05, 4.69) is 5.32 Å². The molecule has 1 atom stereocenters. The van der Waals surface area contributed by atoms with Crippen LogP contribution in [0.25, 0.3) is 0 Å². The van der Waals surface area contributed by atoms with Crippen molar-refractivity contribution in [1.29, 1.82) is 0 Å². The first-order valence-corrected chi connectivity index (χ1v) is 11.8. The highest BCUT2D eigenvalue weighted by Crippen LogP contribution is 2.45. The Labute approximate surface area is 208 Å². The number of hydrogen-bond donors (Lipinski definition) is 1. The summed E-state index contributed by atoms with van der Waals surface area (Å²) in [5.41, 5.74) is 2.65. The van der Waals surface area contributed by atoms with Crippen LogP contribution in [-0.4, -0.2) is 46.0 Å². The van der Waals surface area contributed by atoms with Gasteiger partial charge >= 0.3 is 0 Å². The zero-order valence-electron chi connectivity index (χ0n) is 19.9. The Bertz CT molecular complexity index is 1210. The van der Waals surface area contributed by atoms with Gasteiger partial charge in [-0.3, -0.25) is 14.5 Å². The predicted molar refractivity (Wildman–Crippen MR) is 136 cm³/mol. The van der Waals surface area contributed by atoms with Crippen LogP contribution in [0.3, 0.4) is 0 Å². The molecule has 0 spiro atoms. The van der Waals surface area contributed by atoms with Gasteiger partial charge in [0, 0.05) is 23.4 Å². The summed E-state index contributed by atoms with van der Waals surface area (Å²) in [5.74, 6) is 2.33. The first-order valence-electron chi connectivity index (χ1n) is 10.8. The molecule has 1 aliphatic heterocycles. The summed E-state index contributed by atoms with van der Waals surface area (Å²) in [5, 5.41) is 2.67. The molecule has 2 amide bonds. The highest BCUT2D eigenvalue weighted by Gasteiger charge is 2.35. The summed E-state index contributed by atoms with van der Waals surface area (Å²) in [6.07, 6.45) is 0.